The number of nitrogens with one attached hydrogen (secondary N) is 2. The monoisotopic (exact) mass is 2020 g/mol. The van der Waals surface area contributed by atoms with Crippen molar-refractivity contribution in [3.63, 3.8) is 0 Å². The van der Waals surface area contributed by atoms with Gasteiger partial charge >= 0.3 is 0 Å². The number of benzene rings is 2. The van der Waals surface area contributed by atoms with Gasteiger partial charge in [-0.15, -0.1) is 11.8 Å². The van der Waals surface area contributed by atoms with Crippen LogP contribution in [0.3, 0.4) is 0 Å². The quantitative estimate of drug-likeness (QED) is 0.0178. The molecular weight excluding hydrogens is 1870 g/mol. The zero-order valence-electron chi connectivity index (χ0n) is 84.5. The van der Waals surface area contributed by atoms with Gasteiger partial charge in [0.2, 0.25) is 23.8 Å². The average Bonchev–Trinajstić information content (AvgIpc) is 1.65. The molecule has 135 heavy (non-hydrogen) atoms. The molecule has 4 aliphatic heterocycles. The molecular formula is C89H148N20O18S2Si6. The van der Waals surface area contributed by atoms with Gasteiger partial charge in [-0.3, -0.25) is 46.9 Å². The van der Waals surface area contributed by atoms with E-state index in [0.29, 0.717) is 73.2 Å². The molecule has 2 aromatic carbocycles. The van der Waals surface area contributed by atoms with Crippen LogP contribution in [0, 0.1) is 0 Å². The molecule has 748 valence electrons. The second-order valence-corrected chi connectivity index (χ2v) is 75.5. The fraction of sp³-hybridized carbons (Fsp3) is 0.640. The maximum Gasteiger partial charge on any atom is 0.280 e. The largest absolute Gasteiger partial charge is 0.437 e. The summed E-state index contributed by atoms with van der Waals surface area (Å²) in [6.07, 6.45) is 6.16. The van der Waals surface area contributed by atoms with Crippen LogP contribution in [0.15, 0.2) is 99.3 Å². The lowest BCUT2D eigenvalue weighted by Crippen LogP contribution is -2.48. The van der Waals surface area contributed by atoms with Gasteiger partial charge in [0, 0.05) is 30.6 Å². The Morgan fingerprint density at radius 1 is 0.430 bits per heavy atom. The number of nitrogens with two attached hydrogens (primary N) is 4. The number of nitrogen functional groups attached to an aromatic ring is 4. The Labute approximate surface area is 804 Å². The lowest BCUT2D eigenvalue weighted by molar-refractivity contribution is -0.0432. The summed E-state index contributed by atoms with van der Waals surface area (Å²) < 4.78 is 106. The molecule has 38 nitrogen and oxygen atoms in total. The van der Waals surface area contributed by atoms with E-state index in [1.165, 1.54) is 10.9 Å². The van der Waals surface area contributed by atoms with E-state index in [1.54, 1.807) is 70.2 Å². The summed E-state index contributed by atoms with van der Waals surface area (Å²) in [6, 6.07) is 16.1. The minimum Gasteiger partial charge on any atom is -0.437 e. The van der Waals surface area contributed by atoms with Gasteiger partial charge in [0.05, 0.1) is 81.0 Å². The predicted molar refractivity (Wildman–Crippen MR) is 544 cm³/mol. The molecule has 0 radical (unpaired) electrons. The molecule has 4 saturated heterocycles. The number of H-pyrrole nitrogens is 2. The summed E-state index contributed by atoms with van der Waals surface area (Å²) in [5.74, 6) is 0.903. The summed E-state index contributed by atoms with van der Waals surface area (Å²) in [4.78, 5) is 73.2. The number of hydrogen-bond donors (Lipinski definition) is 10. The van der Waals surface area contributed by atoms with Crippen molar-refractivity contribution in [3.8, 4) is 17.5 Å². The van der Waals surface area contributed by atoms with E-state index in [9.17, 15) is 23.8 Å². The van der Waals surface area contributed by atoms with Gasteiger partial charge in [-0.25, -0.2) is 19.9 Å². The van der Waals surface area contributed by atoms with Gasteiger partial charge in [0.25, 0.3) is 22.9 Å². The summed E-state index contributed by atoms with van der Waals surface area (Å²) >= 11 is 1.67. The van der Waals surface area contributed by atoms with Crippen molar-refractivity contribution < 1.29 is 73.7 Å². The Bertz CT molecular complexity index is 5850. The minimum absolute atomic E-state index is 0.0171. The first-order valence-corrected chi connectivity index (χ1v) is 66.0. The highest BCUT2D eigenvalue weighted by Crippen LogP contribution is 2.52. The van der Waals surface area contributed by atoms with Crippen molar-refractivity contribution in [1.82, 2.24) is 78.1 Å². The van der Waals surface area contributed by atoms with E-state index in [-0.39, 0.29) is 155 Å². The number of imidazole rings is 4. The number of rotatable bonds is 26. The summed E-state index contributed by atoms with van der Waals surface area (Å²) in [6.45, 7) is 68.3. The van der Waals surface area contributed by atoms with E-state index in [0.717, 1.165) is 4.90 Å². The maximum atomic E-state index is 12.2. The van der Waals surface area contributed by atoms with E-state index in [2.05, 4.69) is 263 Å². The third-order valence-electron chi connectivity index (χ3n) is 28.4. The molecule has 0 saturated carbocycles. The van der Waals surface area contributed by atoms with E-state index >= 15 is 0 Å². The molecule has 4 aliphatic rings. The molecule has 4 fully saturated rings. The molecule has 0 bridgehead atoms. The van der Waals surface area contributed by atoms with Crippen molar-refractivity contribution in [2.24, 2.45) is 0 Å². The van der Waals surface area contributed by atoms with Gasteiger partial charge in [0.1, 0.15) is 55.1 Å². The number of aromatic nitrogens is 16. The first-order valence-electron chi connectivity index (χ1n) is 45.8. The molecule has 10 aromatic rings. The predicted octanol–water partition coefficient (Wildman–Crippen LogP) is 17.6. The number of hydrogen-bond acceptors (Lipinski definition) is 33. The second kappa shape index (κ2) is 40.6. The van der Waals surface area contributed by atoms with Crippen LogP contribution in [0.1, 0.15) is 175 Å². The minimum atomic E-state index is -3.67. The number of aromatic amines is 2. The van der Waals surface area contributed by atoms with Crippen LogP contribution >= 0.6 is 22.6 Å². The van der Waals surface area contributed by atoms with Gasteiger partial charge in [0.15, 0.2) is 105 Å². The lowest BCUT2D eigenvalue weighted by Gasteiger charge is -2.40. The van der Waals surface area contributed by atoms with Crippen molar-refractivity contribution in [2.45, 2.75) is 343 Å². The Morgan fingerprint density at radius 3 is 1.07 bits per heavy atom. The average molecular weight is 2020 g/mol. The third-order valence-corrected chi connectivity index (χ3v) is 57.4. The van der Waals surface area contributed by atoms with Crippen LogP contribution in [-0.4, -0.2) is 229 Å². The van der Waals surface area contributed by atoms with Crippen LogP contribution < -0.4 is 43.0 Å². The molecule has 0 spiro atoms. The Morgan fingerprint density at radius 2 is 0.741 bits per heavy atom. The highest BCUT2D eigenvalue weighted by molar-refractivity contribution is 8.20. The van der Waals surface area contributed by atoms with E-state index in [1.807, 2.05) is 35.1 Å². The highest BCUT2D eigenvalue weighted by atomic mass is 32.3. The summed E-state index contributed by atoms with van der Waals surface area (Å²) in [7, 11) is -15.9. The Hall–Kier alpha value is -7.52. The second-order valence-electron chi connectivity index (χ2n) is 44.3. The van der Waals surface area contributed by atoms with E-state index < -0.39 is 91.0 Å². The number of ether oxygens (including phenoxy) is 5. The molecule has 0 aliphatic carbocycles. The van der Waals surface area contributed by atoms with Crippen molar-refractivity contribution in [3.05, 3.63) is 101 Å². The number of fused-ring (bicyclic) bond motifs is 4. The molecule has 12 unspecified atom stereocenters. The van der Waals surface area contributed by atoms with Gasteiger partial charge in [-0.2, -0.15) is 29.9 Å². The zero-order valence-corrected chi connectivity index (χ0v) is 92.1. The van der Waals surface area contributed by atoms with Crippen LogP contribution in [0.5, 0.6) is 17.5 Å². The number of anilines is 4. The van der Waals surface area contributed by atoms with Gasteiger partial charge in [-0.1, -0.05) is 143 Å². The van der Waals surface area contributed by atoms with Crippen LogP contribution in [-0.2, 0) is 45.5 Å². The molecule has 8 aromatic heterocycles. The fourth-order valence-corrected chi connectivity index (χ4v) is 22.3. The summed E-state index contributed by atoms with van der Waals surface area (Å²) in [5.41, 5.74) is 25.5. The summed E-state index contributed by atoms with van der Waals surface area (Å²) in [5, 5.41) is 19.2. The fourth-order valence-electron chi connectivity index (χ4n) is 13.9. The lowest BCUT2D eigenvalue weighted by atomic mass is 10.2. The standard InChI is InChI=1S/C29H47N5O4SSi2.C28H47N5O6SSi2.C22H41N5O4Si2.C10H13N5O4/c1-28(2,3)40(8,9)35-17-22-21(38-41(10,11)29(4,5)6)16-23(37-22)34-18-31-24-25(34)32-27(30)33-26(24)36-19-12-14-20(39-7)15-13-19;1-27(2,3)41(7,8)36-17-21-20(39-42(9,10)28(4,5)6)16-22(37-21)33-18-30-23-24(33)31-26(29)32-25(23)38-40(34,35)19-14-12-11-13-15-19;1-21(2,3)32(7,8)29-12-15-14(31-33(9,10)22(4,5)6)11-16(30-15)27-13-24-17-18(27)25-20(23)26-19(17)28;11-10-13-8-7(9(18)14-10)12-3-15(8)6-1-4(17)5(2-16)19-6/h12-15,18,21-23H,16-17H2,1-11H3,(H2,30,32,33);11-15,18,20-22,34-35H,16-17H2,1-10H3,(H2,29,31,32);13-16H,11-12H2,1-10H3,(H3,23,25,26,28);3-6,16-17H,1-2H2,(H3,11,13,14,18). The maximum absolute atomic E-state index is 12.2. The third kappa shape index (κ3) is 24.9. The Kier molecular flexibility index (Phi) is 32.4. The molecule has 14 rings (SSSR count). The number of aliphatic hydroxyl groups is 2. The Balaban J connectivity index is 0.000000178. The van der Waals surface area contributed by atoms with Gasteiger partial charge < -0.3 is 87.6 Å². The molecule has 0 amide bonds. The van der Waals surface area contributed by atoms with Crippen LogP contribution in [0.25, 0.3) is 44.7 Å². The topological polar surface area (TPSA) is 510 Å². The number of nitrogens with zero attached hydrogens (tertiary/aromatic N) is 14. The van der Waals surface area contributed by atoms with Crippen molar-refractivity contribution in [1.29, 1.82) is 0 Å². The smallest absolute Gasteiger partial charge is 0.280 e. The SMILES string of the molecule is CC(C)(C)[Si](C)(C)OCC1OC(n2cnc3c(=O)[nH]c(N)nc32)CC1O[Si](C)(C)C(C)(C)C.CC(C)(C)[Si](C)(C)OCC1OC(n2cnc3c(OS(O)(O)c4ccccc4)nc(N)nc32)CC1O[Si](C)(C)C(C)(C)C.CSc1ccc(Oc2nc(N)nc3c2ncn3C2CC(O[Si](C)(C)C(C)(C)C)C(CO[Si](C)(C)C(C)(C)C)O2)cc1.Nc1nc2c(ncn2C2CC(O)C(CO)O2)c(=O)[nH]1. The molecule has 12 heterocycles. The molecule has 14 N–H and O–H groups in total. The normalized spacial score (nSPS) is 22.3. The highest BCUT2D eigenvalue weighted by Gasteiger charge is 2.52. The molecule has 46 heteroatoms. The first kappa shape index (κ1) is 108. The number of thioether (sulfide) groups is 1. The molecule has 12 atom stereocenters. The first-order chi connectivity index (χ1) is 62.2. The van der Waals surface area contributed by atoms with E-state index in [4.69, 9.17) is 82.5 Å². The van der Waals surface area contributed by atoms with Crippen LogP contribution in [0.4, 0.5) is 23.8 Å². The van der Waals surface area contributed by atoms with Crippen molar-refractivity contribution in [2.75, 3.05) is 55.6 Å². The zero-order chi connectivity index (χ0) is 100. The number of aliphatic hydroxyl groups excluding tert-OH is 2. The van der Waals surface area contributed by atoms with Gasteiger partial charge in [-0.05, 0) is 151 Å². The van der Waals surface area contributed by atoms with Crippen LogP contribution in [0.2, 0.25) is 109 Å². The van der Waals surface area contributed by atoms with Crippen molar-refractivity contribution >= 4 is 141 Å².